The largest absolute Gasteiger partial charge is 0.465 e. The van der Waals surface area contributed by atoms with E-state index in [1.165, 1.54) is 18.2 Å². The number of carbonyl (C=O) groups excluding carboxylic acids is 6. The predicted octanol–water partition coefficient (Wildman–Crippen LogP) is 0.865. The zero-order valence-electron chi connectivity index (χ0n) is 22.4. The van der Waals surface area contributed by atoms with Crippen LogP contribution in [0, 0.1) is 0 Å². The molecule has 0 aliphatic rings. The molecule has 2 amide bonds. The van der Waals surface area contributed by atoms with Crippen LogP contribution in [0.25, 0.3) is 0 Å². The fourth-order valence-electron chi connectivity index (χ4n) is 3.23. The van der Waals surface area contributed by atoms with Crippen LogP contribution in [0.15, 0.2) is 18.2 Å². The first kappa shape index (κ1) is 31.9. The monoisotopic (exact) mass is 537 g/mol. The average Bonchev–Trinajstić information content (AvgIpc) is 2.87. The minimum absolute atomic E-state index is 0.0407. The SMILES string of the molecule is CCOC(=O)CN(CC(=O)OCC)C(=O)c1cc(NC)cc(C(=O)N(CC(=O)OCC)CC(=O)OCC)c1. The first-order valence-electron chi connectivity index (χ1n) is 12.1. The van der Waals surface area contributed by atoms with Gasteiger partial charge in [0, 0.05) is 23.9 Å². The lowest BCUT2D eigenvalue weighted by Crippen LogP contribution is -2.41. The number of hydrogen-bond donors (Lipinski definition) is 1. The van der Waals surface area contributed by atoms with Crippen molar-refractivity contribution in [1.29, 1.82) is 0 Å². The Bertz CT molecular complexity index is 897. The standard InChI is InChI=1S/C25H35N3O10/c1-6-35-20(29)13-27(14-21(30)36-7-2)24(33)17-10-18(12-19(11-17)26-5)25(34)28(15-22(31)37-8-3)16-23(32)38-9-4/h10-12,26H,6-9,13-16H2,1-5H3. The summed E-state index contributed by atoms with van der Waals surface area (Å²) in [6.45, 7) is 4.57. The molecule has 0 aliphatic carbocycles. The Labute approximate surface area is 221 Å². The van der Waals surface area contributed by atoms with E-state index < -0.39 is 61.9 Å². The molecule has 0 aliphatic heterocycles. The van der Waals surface area contributed by atoms with Crippen LogP contribution in [0.4, 0.5) is 5.69 Å². The van der Waals surface area contributed by atoms with Crippen LogP contribution >= 0.6 is 0 Å². The molecule has 0 radical (unpaired) electrons. The number of rotatable bonds is 15. The number of ether oxygens (including phenoxy) is 4. The van der Waals surface area contributed by atoms with Gasteiger partial charge in [-0.2, -0.15) is 0 Å². The van der Waals surface area contributed by atoms with Gasteiger partial charge in [-0.1, -0.05) is 0 Å². The minimum Gasteiger partial charge on any atom is -0.465 e. The van der Waals surface area contributed by atoms with Crippen molar-refractivity contribution < 1.29 is 47.7 Å². The molecule has 0 aromatic heterocycles. The highest BCUT2D eigenvalue weighted by Crippen LogP contribution is 2.19. The van der Waals surface area contributed by atoms with Crippen LogP contribution in [0.2, 0.25) is 0 Å². The van der Waals surface area contributed by atoms with Crippen molar-refractivity contribution in [3.63, 3.8) is 0 Å². The quantitative estimate of drug-likeness (QED) is 0.250. The Balaban J connectivity index is 3.41. The van der Waals surface area contributed by atoms with Gasteiger partial charge in [0.25, 0.3) is 11.8 Å². The summed E-state index contributed by atoms with van der Waals surface area (Å²) >= 11 is 0. The van der Waals surface area contributed by atoms with Crippen LogP contribution in [-0.4, -0.2) is 105 Å². The van der Waals surface area contributed by atoms with Crippen molar-refractivity contribution >= 4 is 41.4 Å². The molecule has 1 rings (SSSR count). The predicted molar refractivity (Wildman–Crippen MR) is 134 cm³/mol. The molecule has 13 nitrogen and oxygen atoms in total. The molecule has 0 heterocycles. The van der Waals surface area contributed by atoms with E-state index in [0.29, 0.717) is 5.69 Å². The Morgan fingerprint density at radius 1 is 0.579 bits per heavy atom. The maximum Gasteiger partial charge on any atom is 0.325 e. The second-order valence-electron chi connectivity index (χ2n) is 7.59. The number of benzene rings is 1. The topological polar surface area (TPSA) is 158 Å². The maximum atomic E-state index is 13.4. The lowest BCUT2D eigenvalue weighted by atomic mass is 10.1. The van der Waals surface area contributed by atoms with Gasteiger partial charge in [-0.3, -0.25) is 28.8 Å². The minimum atomic E-state index is -0.750. The van der Waals surface area contributed by atoms with Gasteiger partial charge in [-0.15, -0.1) is 0 Å². The van der Waals surface area contributed by atoms with E-state index in [2.05, 4.69) is 5.32 Å². The molecule has 0 fully saturated rings. The summed E-state index contributed by atoms with van der Waals surface area (Å²) in [5, 5.41) is 2.83. The Kier molecular flexibility index (Phi) is 13.9. The highest BCUT2D eigenvalue weighted by atomic mass is 16.5. The average molecular weight is 538 g/mol. The van der Waals surface area contributed by atoms with Gasteiger partial charge in [-0.25, -0.2) is 0 Å². The van der Waals surface area contributed by atoms with E-state index in [0.717, 1.165) is 9.80 Å². The molecule has 0 bridgehead atoms. The Morgan fingerprint density at radius 2 is 0.868 bits per heavy atom. The molecule has 1 aromatic rings. The van der Waals surface area contributed by atoms with Crippen LogP contribution < -0.4 is 5.32 Å². The summed E-state index contributed by atoms with van der Waals surface area (Å²) < 4.78 is 19.6. The molecular formula is C25H35N3O10. The van der Waals surface area contributed by atoms with Gasteiger partial charge < -0.3 is 34.1 Å². The van der Waals surface area contributed by atoms with E-state index in [4.69, 9.17) is 18.9 Å². The third kappa shape index (κ3) is 10.4. The number of amides is 2. The molecule has 0 spiro atoms. The summed E-state index contributed by atoms with van der Waals surface area (Å²) in [6, 6.07) is 4.07. The normalized spacial score (nSPS) is 10.1. The van der Waals surface area contributed by atoms with E-state index in [1.54, 1.807) is 34.7 Å². The third-order valence-corrected chi connectivity index (χ3v) is 4.79. The van der Waals surface area contributed by atoms with E-state index in [-0.39, 0.29) is 37.6 Å². The van der Waals surface area contributed by atoms with Gasteiger partial charge >= 0.3 is 23.9 Å². The number of esters is 4. The molecular weight excluding hydrogens is 502 g/mol. The van der Waals surface area contributed by atoms with Crippen molar-refractivity contribution in [3.8, 4) is 0 Å². The molecule has 0 saturated carbocycles. The summed E-state index contributed by atoms with van der Waals surface area (Å²) in [7, 11) is 1.56. The van der Waals surface area contributed by atoms with Crippen molar-refractivity contribution in [2.45, 2.75) is 27.7 Å². The van der Waals surface area contributed by atoms with Crippen LogP contribution in [-0.2, 0) is 38.1 Å². The molecule has 210 valence electrons. The van der Waals surface area contributed by atoms with Crippen LogP contribution in [0.3, 0.4) is 0 Å². The number of nitrogens with zero attached hydrogens (tertiary/aromatic N) is 2. The highest BCUT2D eigenvalue weighted by Gasteiger charge is 2.27. The van der Waals surface area contributed by atoms with Crippen molar-refractivity contribution in [1.82, 2.24) is 9.80 Å². The molecule has 1 aromatic carbocycles. The summed E-state index contributed by atoms with van der Waals surface area (Å²) in [4.78, 5) is 77.0. The van der Waals surface area contributed by atoms with E-state index >= 15 is 0 Å². The van der Waals surface area contributed by atoms with Gasteiger partial charge in [0.1, 0.15) is 26.2 Å². The fraction of sp³-hybridized carbons (Fsp3) is 0.520. The lowest BCUT2D eigenvalue weighted by molar-refractivity contribution is -0.148. The zero-order chi connectivity index (χ0) is 28.7. The van der Waals surface area contributed by atoms with Crippen molar-refractivity contribution in [2.24, 2.45) is 0 Å². The van der Waals surface area contributed by atoms with Crippen LogP contribution in [0.5, 0.6) is 0 Å². The third-order valence-electron chi connectivity index (χ3n) is 4.79. The maximum absolute atomic E-state index is 13.4. The summed E-state index contributed by atoms with van der Waals surface area (Å²) in [6.07, 6.45) is 0. The Morgan fingerprint density at radius 3 is 1.11 bits per heavy atom. The first-order chi connectivity index (χ1) is 18.1. The molecule has 0 saturated heterocycles. The van der Waals surface area contributed by atoms with Crippen molar-refractivity contribution in [2.75, 3.05) is 65.0 Å². The fourth-order valence-corrected chi connectivity index (χ4v) is 3.23. The van der Waals surface area contributed by atoms with Crippen molar-refractivity contribution in [3.05, 3.63) is 29.3 Å². The Hall–Kier alpha value is -4.16. The molecule has 0 atom stereocenters. The summed E-state index contributed by atoms with van der Waals surface area (Å²) in [5.74, 6) is -4.44. The van der Waals surface area contributed by atoms with Gasteiger partial charge in [0.05, 0.1) is 26.4 Å². The second-order valence-corrected chi connectivity index (χ2v) is 7.59. The number of hydrogen-bond acceptors (Lipinski definition) is 11. The molecule has 0 unspecified atom stereocenters. The summed E-state index contributed by atoms with van der Waals surface area (Å²) in [5.41, 5.74) is 0.265. The van der Waals surface area contributed by atoms with Gasteiger partial charge in [-0.05, 0) is 45.9 Å². The first-order valence-corrected chi connectivity index (χ1v) is 12.1. The molecule has 1 N–H and O–H groups in total. The van der Waals surface area contributed by atoms with E-state index in [1.807, 2.05) is 0 Å². The second kappa shape index (κ2) is 16.6. The number of anilines is 1. The lowest BCUT2D eigenvalue weighted by Gasteiger charge is -2.23. The van der Waals surface area contributed by atoms with Crippen LogP contribution in [0.1, 0.15) is 48.4 Å². The number of nitrogens with one attached hydrogen (secondary N) is 1. The smallest absolute Gasteiger partial charge is 0.325 e. The zero-order valence-corrected chi connectivity index (χ0v) is 22.4. The van der Waals surface area contributed by atoms with Gasteiger partial charge in [0.15, 0.2) is 0 Å². The highest BCUT2D eigenvalue weighted by molar-refractivity contribution is 6.03. The molecule has 13 heteroatoms. The molecule has 38 heavy (non-hydrogen) atoms. The van der Waals surface area contributed by atoms with E-state index in [9.17, 15) is 28.8 Å². The number of carbonyl (C=O) groups is 6. The van der Waals surface area contributed by atoms with Gasteiger partial charge in [0.2, 0.25) is 0 Å².